The number of nitrogens with zero attached hydrogens (tertiary/aromatic N) is 1. The maximum absolute atomic E-state index is 12.1. The van der Waals surface area contributed by atoms with Gasteiger partial charge in [0.05, 0.1) is 12.2 Å². The van der Waals surface area contributed by atoms with Crippen molar-refractivity contribution in [3.05, 3.63) is 18.2 Å². The minimum atomic E-state index is -0.00614. The Morgan fingerprint density at radius 2 is 2.05 bits per heavy atom. The van der Waals surface area contributed by atoms with Gasteiger partial charge in [0, 0.05) is 24.6 Å². The predicted octanol–water partition coefficient (Wildman–Crippen LogP) is 2.81. The van der Waals surface area contributed by atoms with E-state index in [-0.39, 0.29) is 17.7 Å². The van der Waals surface area contributed by atoms with Gasteiger partial charge in [-0.05, 0) is 25.0 Å². The predicted molar refractivity (Wildman–Crippen MR) is 82.7 cm³/mol. The molecule has 0 aliphatic carbocycles. The molecule has 0 radical (unpaired) electrons. The van der Waals surface area contributed by atoms with E-state index in [1.165, 1.54) is 6.92 Å². The number of ether oxygens (including phenoxy) is 1. The second-order valence-corrected chi connectivity index (χ2v) is 5.20. The molecule has 1 aromatic rings. The largest absolute Gasteiger partial charge is 0.489 e. The molecule has 1 aliphatic rings. The molecule has 21 heavy (non-hydrogen) atoms. The highest BCUT2D eigenvalue weighted by Gasteiger charge is 2.22. The van der Waals surface area contributed by atoms with Crippen LogP contribution in [0, 0.1) is 5.92 Å². The molecule has 1 aromatic carbocycles. The molecule has 0 bridgehead atoms. The smallest absolute Gasteiger partial charge is 0.227 e. The number of benzene rings is 1. The fraction of sp³-hybridized carbons (Fsp3) is 0.500. The zero-order valence-electron chi connectivity index (χ0n) is 12.8. The molecule has 0 unspecified atom stereocenters. The van der Waals surface area contributed by atoms with Gasteiger partial charge in [-0.2, -0.15) is 0 Å². The number of nitrogens with one attached hydrogen (secondary N) is 1. The summed E-state index contributed by atoms with van der Waals surface area (Å²) in [7, 11) is 0. The van der Waals surface area contributed by atoms with Crippen molar-refractivity contribution < 1.29 is 14.3 Å². The van der Waals surface area contributed by atoms with E-state index in [2.05, 4.69) is 5.32 Å². The highest BCUT2D eigenvalue weighted by atomic mass is 16.5. The molecule has 0 saturated heterocycles. The summed E-state index contributed by atoms with van der Waals surface area (Å²) in [6, 6.07) is 5.41. The third-order valence-corrected chi connectivity index (χ3v) is 3.83. The Bertz CT molecular complexity index is 538. The van der Waals surface area contributed by atoms with Gasteiger partial charge in [0.15, 0.2) is 0 Å². The van der Waals surface area contributed by atoms with E-state index in [0.29, 0.717) is 24.6 Å². The Labute approximate surface area is 125 Å². The van der Waals surface area contributed by atoms with Crippen LogP contribution in [0.5, 0.6) is 5.75 Å². The van der Waals surface area contributed by atoms with Crippen LogP contribution in [0.3, 0.4) is 0 Å². The zero-order valence-corrected chi connectivity index (χ0v) is 12.8. The first-order valence-electron chi connectivity index (χ1n) is 7.42. The lowest BCUT2D eigenvalue weighted by Crippen LogP contribution is -2.36. The second kappa shape index (κ2) is 6.61. The van der Waals surface area contributed by atoms with Crippen molar-refractivity contribution in [2.45, 2.75) is 33.6 Å². The van der Waals surface area contributed by atoms with E-state index in [1.807, 2.05) is 26.0 Å². The molecule has 0 fully saturated rings. The number of hydrogen-bond acceptors (Lipinski definition) is 3. The Morgan fingerprint density at radius 1 is 1.33 bits per heavy atom. The van der Waals surface area contributed by atoms with Crippen LogP contribution in [0.15, 0.2) is 18.2 Å². The number of rotatable bonds is 4. The van der Waals surface area contributed by atoms with Gasteiger partial charge in [-0.3, -0.25) is 9.59 Å². The Morgan fingerprint density at radius 3 is 2.67 bits per heavy atom. The minimum Gasteiger partial charge on any atom is -0.489 e. The van der Waals surface area contributed by atoms with Crippen LogP contribution in [0.2, 0.25) is 0 Å². The monoisotopic (exact) mass is 290 g/mol. The Kier molecular flexibility index (Phi) is 4.83. The first-order chi connectivity index (χ1) is 10.1. The van der Waals surface area contributed by atoms with Gasteiger partial charge in [0.1, 0.15) is 12.4 Å². The number of amides is 2. The number of carbonyl (C=O) groups excluding carboxylic acids is 2. The molecule has 2 amide bonds. The number of anilines is 2. The molecular formula is C16H22N2O3. The van der Waals surface area contributed by atoms with Crippen molar-refractivity contribution in [2.24, 2.45) is 5.92 Å². The third kappa shape index (κ3) is 3.35. The van der Waals surface area contributed by atoms with Gasteiger partial charge in [-0.15, -0.1) is 0 Å². The zero-order chi connectivity index (χ0) is 15.4. The SMILES string of the molecule is CCC(CC)C(=O)Nc1ccc2c(c1)OCCN2C(C)=O. The van der Waals surface area contributed by atoms with Crippen LogP contribution in [0.4, 0.5) is 11.4 Å². The average molecular weight is 290 g/mol. The van der Waals surface area contributed by atoms with E-state index < -0.39 is 0 Å². The van der Waals surface area contributed by atoms with Gasteiger partial charge >= 0.3 is 0 Å². The first kappa shape index (κ1) is 15.4. The molecule has 0 saturated carbocycles. The minimum absolute atomic E-state index is 0.00614. The van der Waals surface area contributed by atoms with E-state index in [1.54, 1.807) is 11.0 Å². The van der Waals surface area contributed by atoms with Crippen LogP contribution in [-0.2, 0) is 9.59 Å². The van der Waals surface area contributed by atoms with Crippen LogP contribution >= 0.6 is 0 Å². The van der Waals surface area contributed by atoms with Crippen molar-refractivity contribution in [1.82, 2.24) is 0 Å². The van der Waals surface area contributed by atoms with Crippen LogP contribution in [-0.4, -0.2) is 25.0 Å². The molecule has 2 rings (SSSR count). The van der Waals surface area contributed by atoms with Crippen LogP contribution in [0.25, 0.3) is 0 Å². The summed E-state index contributed by atoms with van der Waals surface area (Å²) in [5.74, 6) is 0.682. The highest BCUT2D eigenvalue weighted by molar-refractivity contribution is 5.96. The summed E-state index contributed by atoms with van der Waals surface area (Å²) in [5, 5.41) is 2.92. The van der Waals surface area contributed by atoms with E-state index in [9.17, 15) is 9.59 Å². The van der Waals surface area contributed by atoms with Crippen molar-refractivity contribution >= 4 is 23.2 Å². The molecule has 5 heteroatoms. The molecular weight excluding hydrogens is 268 g/mol. The lowest BCUT2D eigenvalue weighted by atomic mass is 10.0. The van der Waals surface area contributed by atoms with Gasteiger partial charge < -0.3 is 15.0 Å². The average Bonchev–Trinajstić information content (AvgIpc) is 2.47. The molecule has 1 N–H and O–H groups in total. The summed E-state index contributed by atoms with van der Waals surface area (Å²) in [6.45, 7) is 6.58. The Hall–Kier alpha value is -2.04. The molecule has 0 aromatic heterocycles. The van der Waals surface area contributed by atoms with E-state index in [4.69, 9.17) is 4.74 Å². The standard InChI is InChI=1S/C16H22N2O3/c1-4-12(5-2)16(20)17-13-6-7-14-15(10-13)21-9-8-18(14)11(3)19/h6-7,10,12H,4-5,8-9H2,1-3H3,(H,17,20). The fourth-order valence-corrected chi connectivity index (χ4v) is 2.53. The molecule has 5 nitrogen and oxygen atoms in total. The topological polar surface area (TPSA) is 58.6 Å². The second-order valence-electron chi connectivity index (χ2n) is 5.20. The quantitative estimate of drug-likeness (QED) is 0.927. The Balaban J connectivity index is 2.18. The van der Waals surface area contributed by atoms with Gasteiger partial charge in [0.25, 0.3) is 0 Å². The number of hydrogen-bond donors (Lipinski definition) is 1. The van der Waals surface area contributed by atoms with Gasteiger partial charge in [-0.1, -0.05) is 13.8 Å². The van der Waals surface area contributed by atoms with Crippen molar-refractivity contribution in [2.75, 3.05) is 23.4 Å². The molecule has 1 aliphatic heterocycles. The van der Waals surface area contributed by atoms with Crippen LogP contribution in [0.1, 0.15) is 33.6 Å². The third-order valence-electron chi connectivity index (χ3n) is 3.83. The molecule has 0 atom stereocenters. The normalized spacial score (nSPS) is 13.6. The highest BCUT2D eigenvalue weighted by Crippen LogP contribution is 2.34. The molecule has 0 spiro atoms. The summed E-state index contributed by atoms with van der Waals surface area (Å²) < 4.78 is 5.59. The maximum Gasteiger partial charge on any atom is 0.227 e. The molecule has 114 valence electrons. The van der Waals surface area contributed by atoms with Gasteiger partial charge in [0.2, 0.25) is 11.8 Å². The van der Waals surface area contributed by atoms with Crippen molar-refractivity contribution in [3.8, 4) is 5.75 Å². The molecule has 1 heterocycles. The lowest BCUT2D eigenvalue weighted by Gasteiger charge is -2.29. The maximum atomic E-state index is 12.1. The lowest BCUT2D eigenvalue weighted by molar-refractivity contribution is -0.120. The summed E-state index contributed by atoms with van der Waals surface area (Å²) in [4.78, 5) is 25.4. The number of carbonyl (C=O) groups is 2. The van der Waals surface area contributed by atoms with E-state index >= 15 is 0 Å². The number of fused-ring (bicyclic) bond motifs is 1. The van der Waals surface area contributed by atoms with Crippen molar-refractivity contribution in [1.29, 1.82) is 0 Å². The van der Waals surface area contributed by atoms with Gasteiger partial charge in [-0.25, -0.2) is 0 Å². The van der Waals surface area contributed by atoms with E-state index in [0.717, 1.165) is 18.5 Å². The summed E-state index contributed by atoms with van der Waals surface area (Å²) >= 11 is 0. The fourth-order valence-electron chi connectivity index (χ4n) is 2.53. The van der Waals surface area contributed by atoms with Crippen molar-refractivity contribution in [3.63, 3.8) is 0 Å². The van der Waals surface area contributed by atoms with Crippen LogP contribution < -0.4 is 15.0 Å². The summed E-state index contributed by atoms with van der Waals surface area (Å²) in [6.07, 6.45) is 1.64. The summed E-state index contributed by atoms with van der Waals surface area (Å²) in [5.41, 5.74) is 1.46. The first-order valence-corrected chi connectivity index (χ1v) is 7.42.